The second kappa shape index (κ2) is 6.33. The summed E-state index contributed by atoms with van der Waals surface area (Å²) in [7, 11) is 0. The number of hydrogen-bond acceptors (Lipinski definition) is 3. The van der Waals surface area contributed by atoms with E-state index in [1.807, 2.05) is 19.1 Å². The molecule has 0 radical (unpaired) electrons. The zero-order valence-electron chi connectivity index (χ0n) is 8.16. The molecule has 0 fully saturated rings. The molecular formula is C11H13NOS. The van der Waals surface area contributed by atoms with E-state index in [9.17, 15) is 0 Å². The number of hydrogen-bond donors (Lipinski definition) is 1. The molecule has 0 bridgehead atoms. The Morgan fingerprint density at radius 2 is 2.36 bits per heavy atom. The lowest BCUT2D eigenvalue weighted by Crippen LogP contribution is -1.93. The molecule has 0 amide bonds. The van der Waals surface area contributed by atoms with Crippen molar-refractivity contribution in [1.82, 2.24) is 4.98 Å². The van der Waals surface area contributed by atoms with Crippen LogP contribution >= 0.6 is 12.6 Å². The second-order valence-corrected chi connectivity index (χ2v) is 3.04. The number of pyridine rings is 1. The van der Waals surface area contributed by atoms with Crippen LogP contribution in [0.4, 0.5) is 0 Å². The molecule has 0 unspecified atom stereocenters. The third-order valence-electron chi connectivity index (χ3n) is 1.50. The first-order valence-corrected chi connectivity index (χ1v) is 5.18. The fraction of sp³-hybridized carbons (Fsp3) is 0.364. The molecule has 0 aromatic carbocycles. The van der Waals surface area contributed by atoms with Gasteiger partial charge in [0, 0.05) is 30.0 Å². The average Bonchev–Trinajstić information content (AvgIpc) is 2.21. The van der Waals surface area contributed by atoms with Gasteiger partial charge in [-0.1, -0.05) is 11.8 Å². The maximum absolute atomic E-state index is 5.21. The molecule has 3 heteroatoms. The van der Waals surface area contributed by atoms with Gasteiger partial charge < -0.3 is 4.74 Å². The van der Waals surface area contributed by atoms with Crippen LogP contribution < -0.4 is 4.74 Å². The molecule has 0 atom stereocenters. The van der Waals surface area contributed by atoms with Crippen LogP contribution in [0.1, 0.15) is 18.9 Å². The molecule has 0 saturated carbocycles. The second-order valence-electron chi connectivity index (χ2n) is 2.59. The van der Waals surface area contributed by atoms with E-state index in [0.29, 0.717) is 12.5 Å². The molecule has 0 saturated heterocycles. The summed E-state index contributed by atoms with van der Waals surface area (Å²) in [4.78, 5) is 4.10. The van der Waals surface area contributed by atoms with E-state index in [4.69, 9.17) is 4.74 Å². The first-order valence-electron chi connectivity index (χ1n) is 4.55. The molecule has 2 nitrogen and oxygen atoms in total. The molecule has 0 aliphatic heterocycles. The van der Waals surface area contributed by atoms with Crippen LogP contribution in [-0.4, -0.2) is 17.3 Å². The van der Waals surface area contributed by atoms with Gasteiger partial charge >= 0.3 is 0 Å². The number of rotatable bonds is 3. The van der Waals surface area contributed by atoms with Crippen molar-refractivity contribution in [1.29, 1.82) is 0 Å². The minimum atomic E-state index is 0.637. The maximum atomic E-state index is 5.21. The lowest BCUT2D eigenvalue weighted by atomic mass is 10.3. The van der Waals surface area contributed by atoms with Crippen LogP contribution in [-0.2, 0) is 0 Å². The summed E-state index contributed by atoms with van der Waals surface area (Å²) in [5, 5.41) is 0. The molecule has 1 aromatic rings. The van der Waals surface area contributed by atoms with Gasteiger partial charge in [0.25, 0.3) is 0 Å². The van der Waals surface area contributed by atoms with Gasteiger partial charge in [-0.3, -0.25) is 0 Å². The molecule has 0 spiro atoms. The third-order valence-corrected chi connectivity index (χ3v) is 1.72. The van der Waals surface area contributed by atoms with Gasteiger partial charge in [0.1, 0.15) is 0 Å². The summed E-state index contributed by atoms with van der Waals surface area (Å²) in [5.41, 5.74) is 0.912. The van der Waals surface area contributed by atoms with Crippen molar-refractivity contribution in [2.24, 2.45) is 0 Å². The fourth-order valence-electron chi connectivity index (χ4n) is 0.908. The van der Waals surface area contributed by atoms with Gasteiger partial charge in [0.15, 0.2) is 0 Å². The molecular weight excluding hydrogens is 194 g/mol. The quantitative estimate of drug-likeness (QED) is 0.606. The summed E-state index contributed by atoms with van der Waals surface area (Å²) in [6.45, 7) is 2.57. The Kier molecular flexibility index (Phi) is 4.95. The van der Waals surface area contributed by atoms with E-state index in [2.05, 4.69) is 29.5 Å². The lowest BCUT2D eigenvalue weighted by Gasteiger charge is -1.99. The normalized spacial score (nSPS) is 9.00. The average molecular weight is 207 g/mol. The Hall–Kier alpha value is -1.14. The van der Waals surface area contributed by atoms with Gasteiger partial charge in [-0.15, -0.1) is 0 Å². The van der Waals surface area contributed by atoms with Crippen LogP contribution in [0.3, 0.4) is 0 Å². The van der Waals surface area contributed by atoms with Crippen LogP contribution in [0.25, 0.3) is 0 Å². The monoisotopic (exact) mass is 207 g/mol. The summed E-state index contributed by atoms with van der Waals surface area (Å²) in [6.07, 6.45) is 2.52. The number of nitrogens with zero attached hydrogens (tertiary/aromatic N) is 1. The van der Waals surface area contributed by atoms with Crippen molar-refractivity contribution >= 4 is 12.6 Å². The highest BCUT2D eigenvalue weighted by Crippen LogP contribution is 2.06. The van der Waals surface area contributed by atoms with E-state index in [-0.39, 0.29) is 0 Å². The van der Waals surface area contributed by atoms with E-state index in [0.717, 1.165) is 17.7 Å². The maximum Gasteiger partial charge on any atom is 0.213 e. The largest absolute Gasteiger partial charge is 0.478 e. The molecule has 0 N–H and O–H groups in total. The molecule has 1 aromatic heterocycles. The van der Waals surface area contributed by atoms with Crippen molar-refractivity contribution in [2.45, 2.75) is 13.3 Å². The Balaban J connectivity index is 2.60. The Morgan fingerprint density at radius 1 is 1.50 bits per heavy atom. The Bertz CT molecular complexity index is 323. The van der Waals surface area contributed by atoms with Gasteiger partial charge in [-0.25, -0.2) is 4.98 Å². The standard InChI is InChI=1S/C11H13NOS/c1-2-13-11-7-6-10(9-12-11)5-3-4-8-14/h6-7,9,14H,2,4,8H2,1H3. The number of aromatic nitrogens is 1. The topological polar surface area (TPSA) is 22.1 Å². The van der Waals surface area contributed by atoms with Crippen LogP contribution in [0, 0.1) is 11.8 Å². The van der Waals surface area contributed by atoms with E-state index in [1.54, 1.807) is 6.20 Å². The van der Waals surface area contributed by atoms with E-state index >= 15 is 0 Å². The van der Waals surface area contributed by atoms with Crippen molar-refractivity contribution in [3.05, 3.63) is 23.9 Å². The molecule has 1 rings (SSSR count). The highest BCUT2D eigenvalue weighted by Gasteiger charge is 1.92. The smallest absolute Gasteiger partial charge is 0.213 e. The summed E-state index contributed by atoms with van der Waals surface area (Å²) >= 11 is 4.07. The zero-order chi connectivity index (χ0) is 10.2. The summed E-state index contributed by atoms with van der Waals surface area (Å²) in [6, 6.07) is 3.73. The molecule has 0 aliphatic rings. The van der Waals surface area contributed by atoms with Gasteiger partial charge in [0.05, 0.1) is 6.61 Å². The minimum Gasteiger partial charge on any atom is -0.478 e. The van der Waals surface area contributed by atoms with Crippen molar-refractivity contribution in [3.63, 3.8) is 0 Å². The number of ether oxygens (including phenoxy) is 1. The van der Waals surface area contributed by atoms with Crippen LogP contribution in [0.15, 0.2) is 18.3 Å². The van der Waals surface area contributed by atoms with Gasteiger partial charge in [-0.2, -0.15) is 12.6 Å². The molecule has 14 heavy (non-hydrogen) atoms. The predicted octanol–water partition coefficient (Wildman–Crippen LogP) is 2.15. The van der Waals surface area contributed by atoms with Crippen molar-refractivity contribution < 1.29 is 4.74 Å². The SMILES string of the molecule is CCOc1ccc(C#CCCS)cn1. The predicted molar refractivity (Wildman–Crippen MR) is 60.8 cm³/mol. The van der Waals surface area contributed by atoms with Crippen molar-refractivity contribution in [2.75, 3.05) is 12.4 Å². The van der Waals surface area contributed by atoms with Gasteiger partial charge in [0.2, 0.25) is 5.88 Å². The van der Waals surface area contributed by atoms with E-state index in [1.165, 1.54) is 0 Å². The Labute approximate surface area is 90.1 Å². The highest BCUT2D eigenvalue weighted by atomic mass is 32.1. The molecule has 1 heterocycles. The van der Waals surface area contributed by atoms with Crippen LogP contribution in [0.2, 0.25) is 0 Å². The minimum absolute atomic E-state index is 0.637. The van der Waals surface area contributed by atoms with Gasteiger partial charge in [-0.05, 0) is 13.0 Å². The summed E-state index contributed by atoms with van der Waals surface area (Å²) in [5.74, 6) is 7.43. The third kappa shape index (κ3) is 3.71. The lowest BCUT2D eigenvalue weighted by molar-refractivity contribution is 0.327. The highest BCUT2D eigenvalue weighted by molar-refractivity contribution is 7.80. The van der Waals surface area contributed by atoms with Crippen LogP contribution in [0.5, 0.6) is 5.88 Å². The molecule has 74 valence electrons. The summed E-state index contributed by atoms with van der Waals surface area (Å²) < 4.78 is 5.21. The number of thiol groups is 1. The first-order chi connectivity index (χ1) is 6.86. The first kappa shape index (κ1) is 10.9. The van der Waals surface area contributed by atoms with E-state index < -0.39 is 0 Å². The van der Waals surface area contributed by atoms with Crippen molar-refractivity contribution in [3.8, 4) is 17.7 Å². The zero-order valence-corrected chi connectivity index (χ0v) is 9.05. The fourth-order valence-corrected chi connectivity index (χ4v) is 1.02. The molecule has 0 aliphatic carbocycles. The Morgan fingerprint density at radius 3 is 2.93 bits per heavy atom.